The molecule has 0 N–H and O–H groups in total. The molecule has 0 saturated carbocycles. The number of hydrogen-bond donors (Lipinski definition) is 0. The molecule has 1 rings (SSSR count). The van der Waals surface area contributed by atoms with Crippen molar-refractivity contribution in [2.75, 3.05) is 0 Å². The SMILES string of the molecule is O=C=NC(Cc1ccccc1)P(=O)=O. The minimum Gasteiger partial charge on any atom is -0.235 e. The molecule has 14 heavy (non-hydrogen) atoms. The van der Waals surface area contributed by atoms with Crippen molar-refractivity contribution in [3.8, 4) is 0 Å². The highest BCUT2D eigenvalue weighted by atomic mass is 31.1. The Labute approximate surface area is 81.5 Å². The van der Waals surface area contributed by atoms with E-state index in [4.69, 9.17) is 0 Å². The Bertz CT molecular complexity index is 399. The lowest BCUT2D eigenvalue weighted by atomic mass is 10.1. The van der Waals surface area contributed by atoms with Crippen molar-refractivity contribution in [1.82, 2.24) is 0 Å². The van der Waals surface area contributed by atoms with Crippen LogP contribution in [0.4, 0.5) is 0 Å². The summed E-state index contributed by atoms with van der Waals surface area (Å²) in [6, 6.07) is 9.00. The molecule has 0 saturated heterocycles. The van der Waals surface area contributed by atoms with E-state index in [0.29, 0.717) is 0 Å². The van der Waals surface area contributed by atoms with E-state index in [2.05, 4.69) is 4.99 Å². The van der Waals surface area contributed by atoms with E-state index in [1.54, 1.807) is 24.3 Å². The second-order valence-corrected chi connectivity index (χ2v) is 3.84. The van der Waals surface area contributed by atoms with Gasteiger partial charge in [0.15, 0.2) is 5.78 Å². The maximum absolute atomic E-state index is 10.7. The van der Waals surface area contributed by atoms with Crippen molar-refractivity contribution in [3.05, 3.63) is 35.9 Å². The van der Waals surface area contributed by atoms with Crippen LogP contribution in [-0.2, 0) is 20.3 Å². The lowest BCUT2D eigenvalue weighted by Gasteiger charge is -2.00. The summed E-state index contributed by atoms with van der Waals surface area (Å²) in [4.78, 5) is 13.2. The second kappa shape index (κ2) is 5.28. The number of hydrogen-bond acceptors (Lipinski definition) is 4. The molecule has 0 aliphatic rings. The Morgan fingerprint density at radius 2 is 1.93 bits per heavy atom. The number of benzene rings is 1. The molecule has 5 heteroatoms. The van der Waals surface area contributed by atoms with Crippen molar-refractivity contribution >= 4 is 13.8 Å². The zero-order valence-corrected chi connectivity index (χ0v) is 8.18. The molecule has 0 amide bonds. The van der Waals surface area contributed by atoms with Crippen LogP contribution in [0.15, 0.2) is 35.3 Å². The van der Waals surface area contributed by atoms with Crippen LogP contribution in [0.5, 0.6) is 0 Å². The lowest BCUT2D eigenvalue weighted by molar-refractivity contribution is 0.502. The highest BCUT2D eigenvalue weighted by Gasteiger charge is 2.13. The highest BCUT2D eigenvalue weighted by molar-refractivity contribution is 7.31. The average molecular weight is 209 g/mol. The minimum atomic E-state index is -2.72. The van der Waals surface area contributed by atoms with Gasteiger partial charge in [0.2, 0.25) is 6.08 Å². The molecule has 0 aliphatic heterocycles. The molecule has 1 unspecified atom stereocenters. The van der Waals surface area contributed by atoms with Crippen LogP contribution in [0, 0.1) is 0 Å². The third-order valence-electron chi connectivity index (χ3n) is 1.71. The molecular formula is C9H8NO3P. The Morgan fingerprint density at radius 1 is 1.29 bits per heavy atom. The zero-order chi connectivity index (χ0) is 10.4. The highest BCUT2D eigenvalue weighted by Crippen LogP contribution is 2.19. The third kappa shape index (κ3) is 3.09. The molecule has 0 aromatic heterocycles. The smallest absolute Gasteiger partial charge is 0.235 e. The number of aliphatic imine (C=N–C) groups is 1. The predicted molar refractivity (Wildman–Crippen MR) is 50.3 cm³/mol. The summed E-state index contributed by atoms with van der Waals surface area (Å²) < 4.78 is 21.3. The zero-order valence-electron chi connectivity index (χ0n) is 7.29. The van der Waals surface area contributed by atoms with E-state index >= 15 is 0 Å². The van der Waals surface area contributed by atoms with Gasteiger partial charge >= 0.3 is 7.68 Å². The van der Waals surface area contributed by atoms with Crippen LogP contribution in [-0.4, -0.2) is 11.9 Å². The average Bonchev–Trinajstić information content (AvgIpc) is 2.18. The van der Waals surface area contributed by atoms with Gasteiger partial charge in [0, 0.05) is 6.42 Å². The number of carbonyl (C=O) groups excluding carboxylic acids is 1. The van der Waals surface area contributed by atoms with E-state index in [1.807, 2.05) is 6.07 Å². The lowest BCUT2D eigenvalue weighted by Crippen LogP contribution is -2.00. The van der Waals surface area contributed by atoms with Gasteiger partial charge in [-0.3, -0.25) is 0 Å². The summed E-state index contributed by atoms with van der Waals surface area (Å²) >= 11 is 0. The molecule has 0 bridgehead atoms. The van der Waals surface area contributed by atoms with E-state index in [-0.39, 0.29) is 6.42 Å². The van der Waals surface area contributed by atoms with Crippen LogP contribution < -0.4 is 0 Å². The second-order valence-electron chi connectivity index (χ2n) is 2.68. The first-order valence-electron chi connectivity index (χ1n) is 3.98. The van der Waals surface area contributed by atoms with E-state index in [9.17, 15) is 13.9 Å². The fourth-order valence-electron chi connectivity index (χ4n) is 1.05. The molecule has 72 valence electrons. The fraction of sp³-hybridized carbons (Fsp3) is 0.222. The number of nitrogens with zero attached hydrogens (tertiary/aromatic N) is 1. The van der Waals surface area contributed by atoms with Crippen molar-refractivity contribution in [3.63, 3.8) is 0 Å². The molecule has 0 radical (unpaired) electrons. The molecule has 1 aromatic carbocycles. The molecule has 1 atom stereocenters. The third-order valence-corrected chi connectivity index (χ3v) is 2.49. The first kappa shape index (κ1) is 10.6. The topological polar surface area (TPSA) is 63.6 Å². The van der Waals surface area contributed by atoms with Gasteiger partial charge in [-0.2, -0.15) is 4.99 Å². The van der Waals surface area contributed by atoms with Crippen LogP contribution in [0.25, 0.3) is 0 Å². The van der Waals surface area contributed by atoms with Gasteiger partial charge in [-0.15, -0.1) is 0 Å². The molecule has 0 aliphatic carbocycles. The van der Waals surface area contributed by atoms with Gasteiger partial charge in [0.05, 0.1) is 0 Å². The first-order chi connectivity index (χ1) is 6.74. The summed E-state index contributed by atoms with van der Waals surface area (Å²) in [6.07, 6.45) is 1.48. The summed E-state index contributed by atoms with van der Waals surface area (Å²) in [5.74, 6) is -0.995. The molecule has 1 aromatic rings. The van der Waals surface area contributed by atoms with Crippen molar-refractivity contribution in [1.29, 1.82) is 0 Å². The summed E-state index contributed by atoms with van der Waals surface area (Å²) in [5.41, 5.74) is 0.829. The van der Waals surface area contributed by atoms with Crippen molar-refractivity contribution < 1.29 is 13.9 Å². The molecule has 4 nitrogen and oxygen atoms in total. The van der Waals surface area contributed by atoms with Crippen LogP contribution in [0.3, 0.4) is 0 Å². The van der Waals surface area contributed by atoms with E-state index in [1.165, 1.54) is 6.08 Å². The van der Waals surface area contributed by atoms with Crippen molar-refractivity contribution in [2.45, 2.75) is 12.2 Å². The molecular weight excluding hydrogens is 201 g/mol. The van der Waals surface area contributed by atoms with Crippen LogP contribution in [0.2, 0.25) is 0 Å². The van der Waals surface area contributed by atoms with E-state index < -0.39 is 13.5 Å². The largest absolute Gasteiger partial charge is 0.342 e. The quantitative estimate of drug-likeness (QED) is 0.433. The maximum atomic E-state index is 10.7. The van der Waals surface area contributed by atoms with Crippen LogP contribution >= 0.6 is 7.68 Å². The van der Waals surface area contributed by atoms with Gasteiger partial charge in [-0.05, 0) is 5.56 Å². The molecule has 0 spiro atoms. The van der Waals surface area contributed by atoms with Gasteiger partial charge < -0.3 is 0 Å². The normalized spacial score (nSPS) is 11.4. The Balaban J connectivity index is 2.80. The van der Waals surface area contributed by atoms with Crippen LogP contribution in [0.1, 0.15) is 5.56 Å². The van der Waals surface area contributed by atoms with E-state index in [0.717, 1.165) is 5.56 Å². The summed E-state index contributed by atoms with van der Waals surface area (Å²) in [5, 5.41) is 0. The van der Waals surface area contributed by atoms with Gasteiger partial charge in [-0.25, -0.2) is 13.9 Å². The minimum absolute atomic E-state index is 0.217. The summed E-state index contributed by atoms with van der Waals surface area (Å²) in [7, 11) is -2.72. The number of rotatable bonds is 4. The fourth-order valence-corrected chi connectivity index (χ4v) is 1.55. The van der Waals surface area contributed by atoms with Crippen molar-refractivity contribution in [2.24, 2.45) is 4.99 Å². The number of isocyanates is 1. The predicted octanol–water partition coefficient (Wildman–Crippen LogP) is 2.06. The molecule has 0 fully saturated rings. The molecule has 0 heterocycles. The van der Waals surface area contributed by atoms with Gasteiger partial charge in [0.1, 0.15) is 0 Å². The van der Waals surface area contributed by atoms with Gasteiger partial charge in [-0.1, -0.05) is 30.3 Å². The Kier molecular flexibility index (Phi) is 3.99. The summed E-state index contributed by atoms with van der Waals surface area (Å²) in [6.45, 7) is 0. The van der Waals surface area contributed by atoms with Gasteiger partial charge in [0.25, 0.3) is 0 Å². The maximum Gasteiger partial charge on any atom is 0.342 e. The standard InChI is InChI=1S/C9H8NO3P/c11-7-10-9(14(12)13)6-8-4-2-1-3-5-8/h1-5,9H,6H2. The monoisotopic (exact) mass is 209 g/mol. The first-order valence-corrected chi connectivity index (χ1v) is 5.23. The Morgan fingerprint density at radius 3 is 2.43 bits per heavy atom. The Hall–Kier alpha value is -1.50.